The number of aromatic nitrogens is 2. The van der Waals surface area contributed by atoms with E-state index < -0.39 is 0 Å². The van der Waals surface area contributed by atoms with Gasteiger partial charge in [0.15, 0.2) is 0 Å². The van der Waals surface area contributed by atoms with Gasteiger partial charge in [0.05, 0.1) is 24.6 Å². The fraction of sp³-hybridized carbons (Fsp3) is 0.273. The van der Waals surface area contributed by atoms with Gasteiger partial charge in [0.25, 0.3) is 0 Å². The lowest BCUT2D eigenvalue weighted by Crippen LogP contribution is -2.51. The third kappa shape index (κ3) is 3.58. The van der Waals surface area contributed by atoms with Crippen LogP contribution in [-0.4, -0.2) is 40.0 Å². The number of amides is 1. The lowest BCUT2D eigenvalue weighted by molar-refractivity contribution is -0.133. The number of piperazine rings is 1. The van der Waals surface area contributed by atoms with Crippen LogP contribution in [-0.2, 0) is 4.79 Å². The highest BCUT2D eigenvalue weighted by Crippen LogP contribution is 2.25. The lowest BCUT2D eigenvalue weighted by atomic mass is 10.1. The molecule has 1 atom stereocenters. The second-order valence-electron chi connectivity index (χ2n) is 7.03. The summed E-state index contributed by atoms with van der Waals surface area (Å²) in [5.41, 5.74) is 4.32. The molecule has 0 spiro atoms. The van der Waals surface area contributed by atoms with Gasteiger partial charge in [-0.25, -0.2) is 4.98 Å². The zero-order valence-electron chi connectivity index (χ0n) is 15.7. The molecule has 1 saturated heterocycles. The van der Waals surface area contributed by atoms with Crippen molar-refractivity contribution in [2.24, 2.45) is 0 Å². The minimum atomic E-state index is 0.104. The summed E-state index contributed by atoms with van der Waals surface area (Å²) in [4.78, 5) is 21.2. The molecule has 27 heavy (non-hydrogen) atoms. The van der Waals surface area contributed by atoms with E-state index in [1.807, 2.05) is 47.1 Å². The number of benzene rings is 2. The molecule has 5 nitrogen and oxygen atoms in total. The number of aryl methyl sites for hydroxylation is 1. The summed E-state index contributed by atoms with van der Waals surface area (Å²) in [5.74, 6) is 0.173. The fourth-order valence-corrected chi connectivity index (χ4v) is 3.63. The molecular weight excluding hydrogens is 336 g/mol. The summed E-state index contributed by atoms with van der Waals surface area (Å²) in [7, 11) is 0. The first-order valence-electron chi connectivity index (χ1n) is 9.32. The molecular formula is C22H24N4O. The monoisotopic (exact) mass is 360 g/mol. The van der Waals surface area contributed by atoms with Gasteiger partial charge in [-0.15, -0.1) is 0 Å². The van der Waals surface area contributed by atoms with Crippen molar-refractivity contribution in [3.63, 3.8) is 0 Å². The molecule has 2 heterocycles. The van der Waals surface area contributed by atoms with E-state index in [0.717, 1.165) is 30.2 Å². The zero-order chi connectivity index (χ0) is 18.8. The number of anilines is 1. The van der Waals surface area contributed by atoms with Crippen molar-refractivity contribution in [1.29, 1.82) is 0 Å². The third-order valence-electron chi connectivity index (χ3n) is 5.23. The number of nitrogens with zero attached hydrogens (tertiary/aromatic N) is 4. The van der Waals surface area contributed by atoms with Gasteiger partial charge in [0.1, 0.15) is 0 Å². The van der Waals surface area contributed by atoms with E-state index in [2.05, 4.69) is 53.2 Å². The molecule has 0 N–H and O–H groups in total. The highest BCUT2D eigenvalue weighted by Gasteiger charge is 2.28. The summed E-state index contributed by atoms with van der Waals surface area (Å²) < 4.78 is 2.00. The van der Waals surface area contributed by atoms with Crippen molar-refractivity contribution in [2.75, 3.05) is 24.5 Å². The van der Waals surface area contributed by atoms with Crippen molar-refractivity contribution in [3.05, 3.63) is 78.4 Å². The molecule has 5 heteroatoms. The van der Waals surface area contributed by atoms with E-state index in [4.69, 9.17) is 0 Å². The summed E-state index contributed by atoms with van der Waals surface area (Å²) >= 11 is 0. The van der Waals surface area contributed by atoms with Crippen molar-refractivity contribution in [1.82, 2.24) is 14.5 Å². The smallest absolute Gasteiger partial charge is 0.242 e. The van der Waals surface area contributed by atoms with Gasteiger partial charge in [0.2, 0.25) is 5.91 Å². The molecule has 0 saturated carbocycles. The van der Waals surface area contributed by atoms with E-state index in [1.165, 1.54) is 5.56 Å². The fourth-order valence-electron chi connectivity index (χ4n) is 3.63. The average Bonchev–Trinajstić information content (AvgIpc) is 3.14. The van der Waals surface area contributed by atoms with Crippen molar-refractivity contribution in [2.45, 2.75) is 19.9 Å². The minimum Gasteiger partial charge on any atom is -0.360 e. The first kappa shape index (κ1) is 17.3. The molecule has 3 aromatic rings. The quantitative estimate of drug-likeness (QED) is 0.714. The Hall–Kier alpha value is -3.08. The van der Waals surface area contributed by atoms with Gasteiger partial charge in [-0.05, 0) is 43.7 Å². The van der Waals surface area contributed by atoms with Crippen LogP contribution in [0.2, 0.25) is 0 Å². The number of rotatable bonds is 4. The first-order chi connectivity index (χ1) is 13.1. The standard InChI is InChI=1S/C22H24N4O/c1-17-14-25(16-23-17)21-10-8-20(9-11-21)24-12-13-26(22(27)15-24)18(2)19-6-4-3-5-7-19/h3-11,14,16,18H,12-13,15H2,1-2H3. The molecule has 1 aliphatic heterocycles. The van der Waals surface area contributed by atoms with Crippen LogP contribution in [0.4, 0.5) is 5.69 Å². The molecule has 4 rings (SSSR count). The number of hydrogen-bond donors (Lipinski definition) is 0. The predicted molar refractivity (Wildman–Crippen MR) is 107 cm³/mol. The van der Waals surface area contributed by atoms with E-state index in [-0.39, 0.29) is 11.9 Å². The Bertz CT molecular complexity index is 917. The van der Waals surface area contributed by atoms with Gasteiger partial charge < -0.3 is 14.4 Å². The Morgan fingerprint density at radius 1 is 0.963 bits per heavy atom. The van der Waals surface area contributed by atoms with Crippen molar-refractivity contribution in [3.8, 4) is 5.69 Å². The zero-order valence-corrected chi connectivity index (χ0v) is 15.7. The molecule has 1 amide bonds. The normalized spacial score (nSPS) is 15.9. The summed E-state index contributed by atoms with van der Waals surface area (Å²) in [6.07, 6.45) is 3.82. The van der Waals surface area contributed by atoms with E-state index >= 15 is 0 Å². The number of imidazole rings is 1. The maximum atomic E-state index is 12.8. The van der Waals surface area contributed by atoms with E-state index in [0.29, 0.717) is 6.54 Å². The molecule has 1 aliphatic rings. The first-order valence-corrected chi connectivity index (χ1v) is 9.32. The highest BCUT2D eigenvalue weighted by atomic mass is 16.2. The Morgan fingerprint density at radius 2 is 1.67 bits per heavy atom. The predicted octanol–water partition coefficient (Wildman–Crippen LogP) is 3.59. The third-order valence-corrected chi connectivity index (χ3v) is 5.23. The molecule has 0 bridgehead atoms. The highest BCUT2D eigenvalue weighted by molar-refractivity contribution is 5.83. The topological polar surface area (TPSA) is 41.4 Å². The Morgan fingerprint density at radius 3 is 2.30 bits per heavy atom. The summed E-state index contributed by atoms with van der Waals surface area (Å²) in [6.45, 7) is 6.07. The van der Waals surface area contributed by atoms with Gasteiger partial charge in [0, 0.05) is 30.7 Å². The molecule has 0 aliphatic carbocycles. The van der Waals surface area contributed by atoms with Crippen LogP contribution in [0.3, 0.4) is 0 Å². The molecule has 1 unspecified atom stereocenters. The Kier molecular flexibility index (Phi) is 4.67. The van der Waals surface area contributed by atoms with Gasteiger partial charge in [-0.1, -0.05) is 30.3 Å². The Balaban J connectivity index is 1.44. The average molecular weight is 360 g/mol. The van der Waals surface area contributed by atoms with E-state index in [1.54, 1.807) is 0 Å². The molecule has 138 valence electrons. The molecule has 0 radical (unpaired) electrons. The lowest BCUT2D eigenvalue weighted by Gasteiger charge is -2.39. The number of hydrogen-bond acceptors (Lipinski definition) is 3. The van der Waals surface area contributed by atoms with Crippen LogP contribution in [0.1, 0.15) is 24.2 Å². The number of carbonyl (C=O) groups excluding carboxylic acids is 1. The summed E-state index contributed by atoms with van der Waals surface area (Å²) in [5, 5.41) is 0. The molecule has 1 fully saturated rings. The Labute approximate surface area is 159 Å². The maximum absolute atomic E-state index is 12.8. The SMILES string of the molecule is Cc1cn(-c2ccc(N3CCN(C(C)c4ccccc4)C(=O)C3)cc2)cn1. The number of carbonyl (C=O) groups is 1. The van der Waals surface area contributed by atoms with Crippen LogP contribution in [0.15, 0.2) is 67.1 Å². The van der Waals surface area contributed by atoms with Crippen LogP contribution < -0.4 is 4.90 Å². The molecule has 1 aromatic heterocycles. The van der Waals surface area contributed by atoms with Gasteiger partial charge in [-0.2, -0.15) is 0 Å². The largest absolute Gasteiger partial charge is 0.360 e. The van der Waals surface area contributed by atoms with Crippen LogP contribution in [0.5, 0.6) is 0 Å². The second-order valence-corrected chi connectivity index (χ2v) is 7.03. The van der Waals surface area contributed by atoms with E-state index in [9.17, 15) is 4.79 Å². The van der Waals surface area contributed by atoms with Crippen LogP contribution in [0, 0.1) is 6.92 Å². The summed E-state index contributed by atoms with van der Waals surface area (Å²) in [6, 6.07) is 18.6. The molecule has 2 aromatic carbocycles. The maximum Gasteiger partial charge on any atom is 0.242 e. The van der Waals surface area contributed by atoms with Gasteiger partial charge >= 0.3 is 0 Å². The van der Waals surface area contributed by atoms with Crippen LogP contribution in [0.25, 0.3) is 5.69 Å². The van der Waals surface area contributed by atoms with Crippen molar-refractivity contribution < 1.29 is 4.79 Å². The van der Waals surface area contributed by atoms with Crippen LogP contribution >= 0.6 is 0 Å². The van der Waals surface area contributed by atoms with Gasteiger partial charge in [-0.3, -0.25) is 4.79 Å². The minimum absolute atomic E-state index is 0.104. The van der Waals surface area contributed by atoms with Crippen molar-refractivity contribution >= 4 is 11.6 Å². The second kappa shape index (κ2) is 7.27.